The lowest BCUT2D eigenvalue weighted by Crippen LogP contribution is -2.05. The van der Waals surface area contributed by atoms with Gasteiger partial charge in [-0.3, -0.25) is 8.37 Å². The summed E-state index contributed by atoms with van der Waals surface area (Å²) in [6.45, 7) is 1.80. The average Bonchev–Trinajstić information content (AvgIpc) is 2.57. The van der Waals surface area contributed by atoms with Crippen LogP contribution in [-0.2, 0) is 28.6 Å². The fourth-order valence-corrected chi connectivity index (χ4v) is 3.11. The Morgan fingerprint density at radius 3 is 1.48 bits per heavy atom. The summed E-state index contributed by atoms with van der Waals surface area (Å²) in [4.78, 5) is 0.384. The van der Waals surface area contributed by atoms with E-state index in [-0.39, 0.29) is 16.4 Å². The second-order valence-corrected chi connectivity index (χ2v) is 7.44. The molecule has 0 aliphatic rings. The molecule has 6 nitrogen and oxygen atoms in total. The Bertz CT molecular complexity index is 784. The summed E-state index contributed by atoms with van der Waals surface area (Å²) >= 11 is 0. The molecule has 0 saturated heterocycles. The summed E-state index contributed by atoms with van der Waals surface area (Å²) in [5, 5.41) is 0. The highest BCUT2D eigenvalue weighted by Crippen LogP contribution is 2.10. The Hall–Kier alpha value is -1.74. The first-order valence-electron chi connectivity index (χ1n) is 6.63. The van der Waals surface area contributed by atoms with Crippen LogP contribution < -0.4 is 0 Å². The highest BCUT2D eigenvalue weighted by Gasteiger charge is 2.12. The van der Waals surface area contributed by atoms with Crippen molar-refractivity contribution >= 4 is 20.2 Å². The molecule has 126 valence electrons. The maximum Gasteiger partial charge on any atom is 0.296 e. The molecule has 0 bridgehead atoms. The molecule has 0 unspecified atom stereocenters. The fraction of sp³-hybridized carbons (Fsp3) is 0.200. The molecule has 0 N–H and O–H groups in total. The number of rotatable bonds is 5. The van der Waals surface area contributed by atoms with Gasteiger partial charge in [0.2, 0.25) is 0 Å². The second-order valence-electron chi connectivity index (χ2n) is 4.11. The van der Waals surface area contributed by atoms with E-state index in [1.165, 1.54) is 24.3 Å². The zero-order valence-corrected chi connectivity index (χ0v) is 14.4. The van der Waals surface area contributed by atoms with Gasteiger partial charge in [0, 0.05) is 0 Å². The van der Waals surface area contributed by atoms with E-state index >= 15 is 0 Å². The lowest BCUT2D eigenvalue weighted by molar-refractivity contribution is 0.338. The molecule has 0 heterocycles. The smallest absolute Gasteiger partial charge is 0.270 e. The number of benzene rings is 2. The maximum absolute atomic E-state index is 11.2. The van der Waals surface area contributed by atoms with E-state index in [0.717, 1.165) is 7.11 Å². The van der Waals surface area contributed by atoms with Crippen molar-refractivity contribution in [2.45, 2.75) is 16.7 Å². The van der Waals surface area contributed by atoms with Crippen LogP contribution in [0.3, 0.4) is 0 Å². The minimum Gasteiger partial charge on any atom is -0.270 e. The Labute approximate surface area is 136 Å². The third-order valence-corrected chi connectivity index (χ3v) is 5.24. The van der Waals surface area contributed by atoms with Crippen LogP contribution in [0.5, 0.6) is 0 Å². The van der Waals surface area contributed by atoms with Gasteiger partial charge in [0.15, 0.2) is 0 Å². The van der Waals surface area contributed by atoms with E-state index in [4.69, 9.17) is 0 Å². The summed E-state index contributed by atoms with van der Waals surface area (Å²) < 4.78 is 53.3. The van der Waals surface area contributed by atoms with Crippen LogP contribution in [0.25, 0.3) is 0 Å². The third kappa shape index (κ3) is 6.11. The zero-order valence-electron chi connectivity index (χ0n) is 12.7. The van der Waals surface area contributed by atoms with Crippen LogP contribution in [0.15, 0.2) is 70.5 Å². The molecule has 8 heteroatoms. The first-order valence-corrected chi connectivity index (χ1v) is 9.45. The SMILES string of the molecule is CCOS(=O)(=O)c1ccccc1.COS(=O)(=O)c1ccccc1. The molecule has 2 aromatic rings. The van der Waals surface area contributed by atoms with E-state index in [2.05, 4.69) is 8.37 Å². The summed E-state index contributed by atoms with van der Waals surface area (Å²) in [5.41, 5.74) is 0. The average molecular weight is 358 g/mol. The lowest BCUT2D eigenvalue weighted by Gasteiger charge is -2.01. The minimum absolute atomic E-state index is 0.164. The molecular weight excluding hydrogens is 340 g/mol. The van der Waals surface area contributed by atoms with Gasteiger partial charge in [-0.15, -0.1) is 0 Å². The topological polar surface area (TPSA) is 86.7 Å². The lowest BCUT2D eigenvalue weighted by atomic mass is 10.4. The van der Waals surface area contributed by atoms with Gasteiger partial charge in [-0.25, -0.2) is 0 Å². The van der Waals surface area contributed by atoms with Crippen LogP contribution in [0, 0.1) is 0 Å². The van der Waals surface area contributed by atoms with Gasteiger partial charge < -0.3 is 0 Å². The molecule has 0 saturated carbocycles. The van der Waals surface area contributed by atoms with Crippen LogP contribution in [-0.4, -0.2) is 30.6 Å². The van der Waals surface area contributed by atoms with E-state index in [1.807, 2.05) is 0 Å². The van der Waals surface area contributed by atoms with Gasteiger partial charge in [-0.05, 0) is 31.2 Å². The van der Waals surface area contributed by atoms with E-state index < -0.39 is 20.2 Å². The Morgan fingerprint density at radius 2 is 1.13 bits per heavy atom. The Morgan fingerprint density at radius 1 is 0.739 bits per heavy atom. The van der Waals surface area contributed by atoms with E-state index in [1.54, 1.807) is 43.3 Å². The van der Waals surface area contributed by atoms with Gasteiger partial charge in [0.25, 0.3) is 20.2 Å². The molecule has 2 aromatic carbocycles. The zero-order chi connectivity index (χ0) is 17.3. The molecule has 0 aliphatic heterocycles. The Balaban J connectivity index is 0.000000231. The third-order valence-electron chi connectivity index (χ3n) is 2.56. The van der Waals surface area contributed by atoms with Crippen LogP contribution in [0.2, 0.25) is 0 Å². The molecule has 0 aromatic heterocycles. The minimum atomic E-state index is -3.51. The monoisotopic (exact) mass is 358 g/mol. The van der Waals surface area contributed by atoms with Crippen molar-refractivity contribution in [2.75, 3.05) is 13.7 Å². The van der Waals surface area contributed by atoms with Gasteiger partial charge in [-0.1, -0.05) is 36.4 Å². The Kier molecular flexibility index (Phi) is 7.37. The first kappa shape index (κ1) is 19.3. The van der Waals surface area contributed by atoms with Gasteiger partial charge in [0.1, 0.15) is 0 Å². The summed E-state index contributed by atoms with van der Waals surface area (Å²) in [5.74, 6) is 0. The molecule has 23 heavy (non-hydrogen) atoms. The summed E-state index contributed by atoms with van der Waals surface area (Å²) in [7, 11) is -5.87. The number of hydrogen-bond acceptors (Lipinski definition) is 6. The van der Waals surface area contributed by atoms with E-state index in [9.17, 15) is 16.8 Å². The van der Waals surface area contributed by atoms with Crippen molar-refractivity contribution in [1.82, 2.24) is 0 Å². The predicted octanol–water partition coefficient (Wildman–Crippen LogP) is 2.43. The molecule has 0 atom stereocenters. The highest BCUT2D eigenvalue weighted by molar-refractivity contribution is 7.87. The summed E-state index contributed by atoms with van der Waals surface area (Å²) in [6.07, 6.45) is 0. The predicted molar refractivity (Wildman–Crippen MR) is 85.9 cm³/mol. The normalized spacial score (nSPS) is 11.4. The molecule has 2 rings (SSSR count). The van der Waals surface area contributed by atoms with E-state index in [0.29, 0.717) is 0 Å². The summed E-state index contributed by atoms with van der Waals surface area (Å²) in [6, 6.07) is 16.1. The van der Waals surface area contributed by atoms with Crippen molar-refractivity contribution in [2.24, 2.45) is 0 Å². The van der Waals surface area contributed by atoms with Crippen LogP contribution >= 0.6 is 0 Å². The maximum atomic E-state index is 11.2. The molecule has 0 aliphatic carbocycles. The fourth-order valence-electron chi connectivity index (χ4n) is 1.49. The van der Waals surface area contributed by atoms with Crippen molar-refractivity contribution in [3.63, 3.8) is 0 Å². The van der Waals surface area contributed by atoms with Crippen molar-refractivity contribution in [1.29, 1.82) is 0 Å². The highest BCUT2D eigenvalue weighted by atomic mass is 32.2. The van der Waals surface area contributed by atoms with Gasteiger partial charge in [-0.2, -0.15) is 16.8 Å². The van der Waals surface area contributed by atoms with Crippen molar-refractivity contribution < 1.29 is 25.2 Å². The standard InChI is InChI=1S/C8H10O3S.C7H8O3S/c1-2-11-12(9,10)8-6-4-3-5-7-8;1-10-11(8,9)7-5-3-2-4-6-7/h3-7H,2H2,1H3;2-6H,1H3. The molecule has 0 spiro atoms. The van der Waals surface area contributed by atoms with Crippen LogP contribution in [0.1, 0.15) is 6.92 Å². The second kappa shape index (κ2) is 8.78. The number of hydrogen-bond donors (Lipinski definition) is 0. The van der Waals surface area contributed by atoms with Crippen LogP contribution in [0.4, 0.5) is 0 Å². The molecule has 0 amide bonds. The van der Waals surface area contributed by atoms with Crippen molar-refractivity contribution in [3.8, 4) is 0 Å². The molecule has 0 radical (unpaired) electrons. The largest absolute Gasteiger partial charge is 0.296 e. The van der Waals surface area contributed by atoms with Gasteiger partial charge in [0.05, 0.1) is 23.5 Å². The molecular formula is C15H18O6S2. The first-order chi connectivity index (χ1) is 10.8. The molecule has 0 fully saturated rings. The quantitative estimate of drug-likeness (QED) is 0.763. The van der Waals surface area contributed by atoms with Crippen molar-refractivity contribution in [3.05, 3.63) is 60.7 Å². The van der Waals surface area contributed by atoms with Gasteiger partial charge >= 0.3 is 0 Å².